The smallest absolute Gasteiger partial charge is 0.223 e. The minimum atomic E-state index is 0.279. The number of aromatic nitrogens is 1. The van der Waals surface area contributed by atoms with Crippen LogP contribution in [0, 0.1) is 0 Å². The Hall–Kier alpha value is -1.85. The first-order valence-electron chi connectivity index (χ1n) is 10.3. The number of carbonyl (C=O) groups is 1. The van der Waals surface area contributed by atoms with Crippen LogP contribution in [-0.4, -0.2) is 65.1 Å². The second-order valence-corrected chi connectivity index (χ2v) is 8.22. The van der Waals surface area contributed by atoms with E-state index in [2.05, 4.69) is 53.0 Å². The molecule has 0 radical (unpaired) electrons. The third-order valence-corrected chi connectivity index (χ3v) is 5.94. The van der Waals surface area contributed by atoms with E-state index in [1.165, 1.54) is 10.9 Å². The van der Waals surface area contributed by atoms with Gasteiger partial charge in [0.15, 0.2) is 0 Å². The summed E-state index contributed by atoms with van der Waals surface area (Å²) >= 11 is 0. The molecular formula is C22H31N3O2. The predicted molar refractivity (Wildman–Crippen MR) is 108 cm³/mol. The number of hydrogen-bond acceptors (Lipinski definition) is 3. The minimum absolute atomic E-state index is 0.279. The van der Waals surface area contributed by atoms with E-state index in [0.717, 1.165) is 51.0 Å². The first-order valence-corrected chi connectivity index (χ1v) is 10.3. The standard InChI is InChI=1S/C22H31N3O2/c1-16-13-24(14-17(2)27-16)15-19-6-5-11-25(19)22(26)10-9-18-12-23-21-8-4-3-7-20(18)21/h3-4,7-8,12,16-17,19,23H,5-6,9-11,13-15H2,1-2H3/t16-,17-,19-/m1/s1. The van der Waals surface area contributed by atoms with Crippen LogP contribution in [0.15, 0.2) is 30.5 Å². The number of carbonyl (C=O) groups excluding carboxylic acids is 1. The van der Waals surface area contributed by atoms with Crippen molar-refractivity contribution in [3.8, 4) is 0 Å². The molecule has 0 aliphatic carbocycles. The summed E-state index contributed by atoms with van der Waals surface area (Å²) < 4.78 is 5.85. The lowest BCUT2D eigenvalue weighted by Gasteiger charge is -2.38. The van der Waals surface area contributed by atoms with Crippen molar-refractivity contribution < 1.29 is 9.53 Å². The largest absolute Gasteiger partial charge is 0.373 e. The van der Waals surface area contributed by atoms with Gasteiger partial charge in [-0.25, -0.2) is 0 Å². The fraction of sp³-hybridized carbons (Fsp3) is 0.591. The molecular weight excluding hydrogens is 338 g/mol. The number of likely N-dealkylation sites (tertiary alicyclic amines) is 1. The molecule has 1 amide bonds. The van der Waals surface area contributed by atoms with Gasteiger partial charge in [0.25, 0.3) is 0 Å². The van der Waals surface area contributed by atoms with Gasteiger partial charge in [-0.3, -0.25) is 9.69 Å². The quantitative estimate of drug-likeness (QED) is 0.880. The first-order chi connectivity index (χ1) is 13.1. The Balaban J connectivity index is 1.35. The lowest BCUT2D eigenvalue weighted by Crippen LogP contribution is -2.50. The van der Waals surface area contributed by atoms with Gasteiger partial charge in [-0.05, 0) is 44.7 Å². The van der Waals surface area contributed by atoms with E-state index in [1.54, 1.807) is 0 Å². The Kier molecular flexibility index (Phi) is 5.50. The highest BCUT2D eigenvalue weighted by molar-refractivity contribution is 5.84. The molecule has 0 bridgehead atoms. The number of nitrogens with zero attached hydrogens (tertiary/aromatic N) is 2. The van der Waals surface area contributed by atoms with Crippen molar-refractivity contribution in [2.45, 2.75) is 57.8 Å². The Labute approximate surface area is 161 Å². The van der Waals surface area contributed by atoms with Crippen LogP contribution in [-0.2, 0) is 16.0 Å². The topological polar surface area (TPSA) is 48.6 Å². The molecule has 2 saturated heterocycles. The molecule has 1 aromatic heterocycles. The molecule has 2 aromatic rings. The van der Waals surface area contributed by atoms with Crippen LogP contribution in [0.3, 0.4) is 0 Å². The average molecular weight is 370 g/mol. The SMILES string of the molecule is C[C@@H]1CN(C[C@H]2CCCN2C(=O)CCc2c[nH]c3ccccc23)C[C@@H](C)O1. The van der Waals surface area contributed by atoms with E-state index in [9.17, 15) is 4.79 Å². The van der Waals surface area contributed by atoms with E-state index in [1.807, 2.05) is 6.07 Å². The maximum absolute atomic E-state index is 12.9. The zero-order chi connectivity index (χ0) is 18.8. The van der Waals surface area contributed by atoms with Crippen LogP contribution >= 0.6 is 0 Å². The fourth-order valence-corrected chi connectivity index (χ4v) is 4.81. The summed E-state index contributed by atoms with van der Waals surface area (Å²) in [6.07, 6.45) is 6.25. The minimum Gasteiger partial charge on any atom is -0.373 e. The molecule has 1 N–H and O–H groups in total. The number of rotatable bonds is 5. The zero-order valence-electron chi connectivity index (χ0n) is 16.5. The number of morpholine rings is 1. The van der Waals surface area contributed by atoms with Gasteiger partial charge in [-0.2, -0.15) is 0 Å². The zero-order valence-corrected chi connectivity index (χ0v) is 16.5. The second kappa shape index (κ2) is 8.03. The Morgan fingerprint density at radius 3 is 2.81 bits per heavy atom. The highest BCUT2D eigenvalue weighted by Crippen LogP contribution is 2.23. The van der Waals surface area contributed by atoms with E-state index in [4.69, 9.17) is 4.74 Å². The molecule has 2 aliphatic heterocycles. The van der Waals surface area contributed by atoms with Crippen molar-refractivity contribution >= 4 is 16.8 Å². The van der Waals surface area contributed by atoms with Gasteiger partial charge in [0.05, 0.1) is 12.2 Å². The van der Waals surface area contributed by atoms with Crippen molar-refractivity contribution in [3.63, 3.8) is 0 Å². The second-order valence-electron chi connectivity index (χ2n) is 8.22. The summed E-state index contributed by atoms with van der Waals surface area (Å²) in [6.45, 7) is 8.11. The molecule has 4 rings (SSSR count). The highest BCUT2D eigenvalue weighted by atomic mass is 16.5. The number of H-pyrrole nitrogens is 1. The summed E-state index contributed by atoms with van der Waals surface area (Å²) in [4.78, 5) is 20.9. The predicted octanol–water partition coefficient (Wildman–Crippen LogP) is 3.20. The molecule has 146 valence electrons. The van der Waals surface area contributed by atoms with E-state index >= 15 is 0 Å². The number of para-hydroxylation sites is 1. The third kappa shape index (κ3) is 4.19. The summed E-state index contributed by atoms with van der Waals surface area (Å²) in [7, 11) is 0. The van der Waals surface area contributed by atoms with Gasteiger partial charge in [-0.1, -0.05) is 18.2 Å². The Morgan fingerprint density at radius 2 is 2.00 bits per heavy atom. The Bertz CT molecular complexity index is 777. The van der Waals surface area contributed by atoms with Crippen molar-refractivity contribution in [2.24, 2.45) is 0 Å². The number of nitrogens with one attached hydrogen (secondary N) is 1. The van der Waals surface area contributed by atoms with Crippen LogP contribution < -0.4 is 0 Å². The maximum atomic E-state index is 12.9. The van der Waals surface area contributed by atoms with Gasteiger partial charge in [0, 0.05) is 55.7 Å². The number of benzene rings is 1. The van der Waals surface area contributed by atoms with Crippen LogP contribution in [0.5, 0.6) is 0 Å². The molecule has 5 heteroatoms. The number of hydrogen-bond donors (Lipinski definition) is 1. The van der Waals surface area contributed by atoms with Crippen LogP contribution in [0.2, 0.25) is 0 Å². The lowest BCUT2D eigenvalue weighted by molar-refractivity contribution is -0.133. The summed E-state index contributed by atoms with van der Waals surface area (Å²) in [5.74, 6) is 0.303. The van der Waals surface area contributed by atoms with Gasteiger partial charge < -0.3 is 14.6 Å². The summed E-state index contributed by atoms with van der Waals surface area (Å²) in [5.41, 5.74) is 2.39. The molecule has 0 saturated carbocycles. The lowest BCUT2D eigenvalue weighted by atomic mass is 10.1. The molecule has 2 fully saturated rings. The van der Waals surface area contributed by atoms with E-state index in [0.29, 0.717) is 18.4 Å². The monoisotopic (exact) mass is 369 g/mol. The van der Waals surface area contributed by atoms with Crippen LogP contribution in [0.25, 0.3) is 10.9 Å². The number of amides is 1. The van der Waals surface area contributed by atoms with Crippen LogP contribution in [0.1, 0.15) is 38.7 Å². The highest BCUT2D eigenvalue weighted by Gasteiger charge is 2.32. The fourth-order valence-electron chi connectivity index (χ4n) is 4.81. The summed E-state index contributed by atoms with van der Waals surface area (Å²) in [5, 5.41) is 1.24. The average Bonchev–Trinajstić information content (AvgIpc) is 3.26. The molecule has 3 heterocycles. The molecule has 3 atom stereocenters. The van der Waals surface area contributed by atoms with Gasteiger partial charge >= 0.3 is 0 Å². The third-order valence-electron chi connectivity index (χ3n) is 5.94. The van der Waals surface area contributed by atoms with Crippen molar-refractivity contribution in [3.05, 3.63) is 36.0 Å². The van der Waals surface area contributed by atoms with Gasteiger partial charge in [0.1, 0.15) is 0 Å². The molecule has 5 nitrogen and oxygen atoms in total. The first kappa shape index (κ1) is 18.5. The van der Waals surface area contributed by atoms with Crippen molar-refractivity contribution in [1.82, 2.24) is 14.8 Å². The number of aryl methyl sites for hydroxylation is 1. The van der Waals surface area contributed by atoms with Gasteiger partial charge in [0.2, 0.25) is 5.91 Å². The van der Waals surface area contributed by atoms with Gasteiger partial charge in [-0.15, -0.1) is 0 Å². The normalized spacial score (nSPS) is 26.7. The molecule has 1 aromatic carbocycles. The van der Waals surface area contributed by atoms with Crippen molar-refractivity contribution in [2.75, 3.05) is 26.2 Å². The number of aromatic amines is 1. The molecule has 27 heavy (non-hydrogen) atoms. The van der Waals surface area contributed by atoms with Crippen LogP contribution in [0.4, 0.5) is 0 Å². The maximum Gasteiger partial charge on any atom is 0.223 e. The molecule has 2 aliphatic rings. The van der Waals surface area contributed by atoms with E-state index < -0.39 is 0 Å². The molecule has 0 spiro atoms. The van der Waals surface area contributed by atoms with E-state index in [-0.39, 0.29) is 12.2 Å². The van der Waals surface area contributed by atoms with Crippen molar-refractivity contribution in [1.29, 1.82) is 0 Å². The number of ether oxygens (including phenoxy) is 1. The summed E-state index contributed by atoms with van der Waals surface area (Å²) in [6, 6.07) is 8.67. The molecule has 0 unspecified atom stereocenters. The number of fused-ring (bicyclic) bond motifs is 1. The Morgan fingerprint density at radius 1 is 1.22 bits per heavy atom.